The summed E-state index contributed by atoms with van der Waals surface area (Å²) in [6, 6.07) is 0. The molecule has 0 spiro atoms. The Morgan fingerprint density at radius 2 is 2.22 bits per heavy atom. The molecule has 0 radical (unpaired) electrons. The van der Waals surface area contributed by atoms with E-state index in [1.54, 1.807) is 13.0 Å². The van der Waals surface area contributed by atoms with Crippen LogP contribution in [0.3, 0.4) is 0 Å². The third-order valence-corrected chi connectivity index (χ3v) is 4.47. The van der Waals surface area contributed by atoms with E-state index in [1.807, 2.05) is 6.08 Å². The lowest BCUT2D eigenvalue weighted by molar-refractivity contribution is -0.152. The fourth-order valence-electron chi connectivity index (χ4n) is 3.06. The van der Waals surface area contributed by atoms with Crippen LogP contribution >= 0.6 is 0 Å². The lowest BCUT2D eigenvalue weighted by Gasteiger charge is -2.33. The van der Waals surface area contributed by atoms with Gasteiger partial charge in [0.2, 0.25) is 0 Å². The summed E-state index contributed by atoms with van der Waals surface area (Å²) < 4.78 is 10.4. The van der Waals surface area contributed by atoms with E-state index in [4.69, 9.17) is 9.47 Å². The third kappa shape index (κ3) is 4.35. The smallest absolute Gasteiger partial charge is 0.336 e. The van der Waals surface area contributed by atoms with Gasteiger partial charge in [0.05, 0.1) is 12.9 Å². The molecule has 4 heteroatoms. The standard InChI is InChI=1S/C19H26O4/c1-13-6-5-9-19(3,4)16(13)8-7-15(11-20)12-22-17-10-14(2)18(21)23-17/h7-8,10,12,17,20H,5-6,9,11H2,1-4H3/b8-7+,15-12+. The number of aliphatic hydroxyl groups excluding tert-OH is 1. The summed E-state index contributed by atoms with van der Waals surface area (Å²) >= 11 is 0. The SMILES string of the molecule is CC1=CC(O/C=C(\C=C\C2=C(C)CCCC2(C)C)CO)OC1=O. The first-order valence-corrected chi connectivity index (χ1v) is 8.06. The Morgan fingerprint density at radius 3 is 2.78 bits per heavy atom. The molecule has 0 fully saturated rings. The van der Waals surface area contributed by atoms with E-state index in [9.17, 15) is 9.90 Å². The van der Waals surface area contributed by atoms with Crippen molar-refractivity contribution in [1.29, 1.82) is 0 Å². The van der Waals surface area contributed by atoms with Crippen molar-refractivity contribution in [3.05, 3.63) is 46.8 Å². The highest BCUT2D eigenvalue weighted by molar-refractivity contribution is 5.89. The summed E-state index contributed by atoms with van der Waals surface area (Å²) in [7, 11) is 0. The number of hydrogen-bond acceptors (Lipinski definition) is 4. The van der Waals surface area contributed by atoms with E-state index in [2.05, 4.69) is 26.8 Å². The lowest BCUT2D eigenvalue weighted by atomic mass is 9.72. The van der Waals surface area contributed by atoms with Crippen LogP contribution in [0.1, 0.15) is 47.0 Å². The zero-order chi connectivity index (χ0) is 17.0. The van der Waals surface area contributed by atoms with Crippen molar-refractivity contribution in [3.63, 3.8) is 0 Å². The van der Waals surface area contributed by atoms with Gasteiger partial charge in [-0.15, -0.1) is 0 Å². The number of aliphatic hydroxyl groups is 1. The molecule has 4 nitrogen and oxygen atoms in total. The molecule has 23 heavy (non-hydrogen) atoms. The summed E-state index contributed by atoms with van der Waals surface area (Å²) in [5, 5.41) is 9.49. The van der Waals surface area contributed by atoms with Crippen molar-refractivity contribution in [2.75, 3.05) is 6.61 Å². The van der Waals surface area contributed by atoms with Crippen molar-refractivity contribution in [2.24, 2.45) is 5.41 Å². The molecule has 0 aromatic rings. The van der Waals surface area contributed by atoms with Crippen molar-refractivity contribution in [2.45, 2.75) is 53.2 Å². The molecule has 1 aliphatic heterocycles. The number of hydrogen-bond donors (Lipinski definition) is 1. The Balaban J connectivity index is 2.07. The van der Waals surface area contributed by atoms with Gasteiger partial charge in [0.15, 0.2) is 0 Å². The van der Waals surface area contributed by atoms with Crippen LogP contribution in [-0.2, 0) is 14.3 Å². The molecule has 1 atom stereocenters. The van der Waals surface area contributed by atoms with Gasteiger partial charge in [0, 0.05) is 17.2 Å². The van der Waals surface area contributed by atoms with Crippen LogP contribution in [0.4, 0.5) is 0 Å². The number of carbonyl (C=O) groups is 1. The number of ether oxygens (including phenoxy) is 2. The molecule has 0 aromatic carbocycles. The van der Waals surface area contributed by atoms with Crippen molar-refractivity contribution >= 4 is 5.97 Å². The number of allylic oxidation sites excluding steroid dienone is 3. The van der Waals surface area contributed by atoms with E-state index in [-0.39, 0.29) is 18.0 Å². The van der Waals surface area contributed by atoms with E-state index < -0.39 is 6.29 Å². The normalized spacial score (nSPS) is 24.9. The Morgan fingerprint density at radius 1 is 1.48 bits per heavy atom. The lowest BCUT2D eigenvalue weighted by Crippen LogP contribution is -2.19. The van der Waals surface area contributed by atoms with Crippen molar-refractivity contribution in [1.82, 2.24) is 0 Å². The van der Waals surface area contributed by atoms with Crippen LogP contribution in [0.15, 0.2) is 46.8 Å². The predicted molar refractivity (Wildman–Crippen MR) is 89.4 cm³/mol. The van der Waals surface area contributed by atoms with E-state index in [0.717, 1.165) is 6.42 Å². The third-order valence-electron chi connectivity index (χ3n) is 4.47. The van der Waals surface area contributed by atoms with Gasteiger partial charge < -0.3 is 14.6 Å². The van der Waals surface area contributed by atoms with Crippen molar-refractivity contribution < 1.29 is 19.4 Å². The summed E-state index contributed by atoms with van der Waals surface area (Å²) in [4.78, 5) is 11.3. The molecule has 0 saturated heterocycles. The summed E-state index contributed by atoms with van der Waals surface area (Å²) in [5.74, 6) is -0.366. The van der Waals surface area contributed by atoms with Gasteiger partial charge in [-0.2, -0.15) is 0 Å². The molecule has 0 saturated carbocycles. The second-order valence-corrected chi connectivity index (χ2v) is 6.88. The molecule has 1 aliphatic carbocycles. The molecule has 126 valence electrons. The average molecular weight is 318 g/mol. The summed E-state index contributed by atoms with van der Waals surface area (Å²) in [5.41, 5.74) is 4.06. The van der Waals surface area contributed by atoms with Crippen LogP contribution in [0.2, 0.25) is 0 Å². The van der Waals surface area contributed by atoms with Crippen LogP contribution < -0.4 is 0 Å². The second kappa shape index (κ2) is 7.18. The first-order valence-electron chi connectivity index (χ1n) is 8.06. The van der Waals surface area contributed by atoms with Gasteiger partial charge in [-0.1, -0.05) is 31.6 Å². The van der Waals surface area contributed by atoms with Gasteiger partial charge >= 0.3 is 5.97 Å². The number of rotatable bonds is 5. The Bertz CT molecular complexity index is 590. The largest absolute Gasteiger partial charge is 0.458 e. The van der Waals surface area contributed by atoms with Crippen LogP contribution in [0.5, 0.6) is 0 Å². The quantitative estimate of drug-likeness (QED) is 0.476. The Labute approximate surface area is 138 Å². The van der Waals surface area contributed by atoms with Crippen LogP contribution in [-0.4, -0.2) is 24.0 Å². The summed E-state index contributed by atoms with van der Waals surface area (Å²) in [6.07, 6.45) is 9.83. The Kier molecular flexibility index (Phi) is 5.47. The first-order chi connectivity index (χ1) is 10.8. The number of cyclic esters (lactones) is 1. The van der Waals surface area contributed by atoms with Crippen molar-refractivity contribution in [3.8, 4) is 0 Å². The average Bonchev–Trinajstić information content (AvgIpc) is 2.79. The predicted octanol–water partition coefficient (Wildman–Crippen LogP) is 3.79. The van der Waals surface area contributed by atoms with E-state index in [1.165, 1.54) is 30.2 Å². The first kappa shape index (κ1) is 17.5. The highest BCUT2D eigenvalue weighted by Gasteiger charge is 2.26. The highest BCUT2D eigenvalue weighted by atomic mass is 16.7. The number of esters is 1. The van der Waals surface area contributed by atoms with Crippen LogP contribution in [0, 0.1) is 5.41 Å². The summed E-state index contributed by atoms with van der Waals surface area (Å²) in [6.45, 7) is 8.22. The van der Waals surface area contributed by atoms with Gasteiger partial charge in [0.1, 0.15) is 0 Å². The maximum absolute atomic E-state index is 11.3. The fraction of sp³-hybridized carbons (Fsp3) is 0.526. The van der Waals surface area contributed by atoms with E-state index in [0.29, 0.717) is 11.1 Å². The molecular weight excluding hydrogens is 292 g/mol. The van der Waals surface area contributed by atoms with E-state index >= 15 is 0 Å². The zero-order valence-electron chi connectivity index (χ0n) is 14.4. The maximum atomic E-state index is 11.3. The minimum atomic E-state index is -0.704. The van der Waals surface area contributed by atoms with Gasteiger partial charge in [-0.25, -0.2) is 4.79 Å². The molecule has 0 amide bonds. The molecule has 0 aromatic heterocycles. The number of carbonyl (C=O) groups excluding carboxylic acids is 1. The molecule has 1 N–H and O–H groups in total. The Hall–Kier alpha value is -1.81. The second-order valence-electron chi connectivity index (χ2n) is 6.88. The molecule has 1 unspecified atom stereocenters. The topological polar surface area (TPSA) is 55.8 Å². The monoisotopic (exact) mass is 318 g/mol. The van der Waals surface area contributed by atoms with Crippen LogP contribution in [0.25, 0.3) is 0 Å². The fourth-order valence-corrected chi connectivity index (χ4v) is 3.06. The maximum Gasteiger partial charge on any atom is 0.336 e. The molecule has 2 aliphatic rings. The minimum Gasteiger partial charge on any atom is -0.458 e. The molecular formula is C19H26O4. The van der Waals surface area contributed by atoms with Gasteiger partial charge in [0.25, 0.3) is 6.29 Å². The van der Waals surface area contributed by atoms with Gasteiger partial charge in [-0.05, 0) is 44.1 Å². The molecule has 1 heterocycles. The molecule has 2 rings (SSSR count). The van der Waals surface area contributed by atoms with Gasteiger partial charge in [-0.3, -0.25) is 0 Å². The highest BCUT2D eigenvalue weighted by Crippen LogP contribution is 2.40. The minimum absolute atomic E-state index is 0.132. The molecule has 0 bridgehead atoms. The zero-order valence-corrected chi connectivity index (χ0v) is 14.4.